The van der Waals surface area contributed by atoms with E-state index in [2.05, 4.69) is 41.3 Å². The normalized spacial score (nSPS) is 20.1. The van der Waals surface area contributed by atoms with Gasteiger partial charge in [-0.25, -0.2) is 0 Å². The van der Waals surface area contributed by atoms with Gasteiger partial charge in [0.05, 0.1) is 26.4 Å². The van der Waals surface area contributed by atoms with Crippen molar-refractivity contribution in [1.29, 1.82) is 0 Å². The highest BCUT2D eigenvalue weighted by Crippen LogP contribution is 2.36. The average molecular weight is 779 g/mol. The van der Waals surface area contributed by atoms with Crippen LogP contribution in [0.15, 0.2) is 48.5 Å². The van der Waals surface area contributed by atoms with Crippen LogP contribution in [0, 0.1) is 19.8 Å². The third kappa shape index (κ3) is 9.61. The summed E-state index contributed by atoms with van der Waals surface area (Å²) in [5.74, 6) is 1.85. The maximum atomic E-state index is 10.4. The van der Waals surface area contributed by atoms with Crippen LogP contribution in [0.2, 0.25) is 10.0 Å². The minimum Gasteiger partial charge on any atom is -0.481 e. The lowest BCUT2D eigenvalue weighted by Crippen LogP contribution is -2.41. The molecular weight excluding hydrogens is 725 g/mol. The molecule has 2 fully saturated rings. The smallest absolute Gasteiger partial charge is 0.236 e. The van der Waals surface area contributed by atoms with Crippen molar-refractivity contribution in [3.05, 3.63) is 92.0 Å². The Morgan fingerprint density at radius 2 is 1.19 bits per heavy atom. The molecule has 2 aliphatic rings. The molecule has 0 unspecified atom stereocenters. The van der Waals surface area contributed by atoms with E-state index in [1.165, 1.54) is 0 Å². The topological polar surface area (TPSA) is 115 Å². The van der Waals surface area contributed by atoms with Crippen LogP contribution >= 0.6 is 23.2 Å². The third-order valence-corrected chi connectivity index (χ3v) is 11.7. The number of nitrogens with one attached hydrogen (secondary N) is 1. The lowest BCUT2D eigenvalue weighted by atomic mass is 9.83. The highest BCUT2D eigenvalue weighted by Gasteiger charge is 2.25. The standard InChI is InChI=1S/C43H53Cl2N3O6/c1-26-30(24-53-42-35(44)21-29(40(47-42)51-3)20-19-28-11-5-7-17-38(28)49)12-9-14-33(26)34-15-10-13-31(27(34)2)25-54-43-36(45)22-32(41(48-43)52-4)23-46-37-16-6-8-18-39(37)50/h9-10,12-15,21-22,28,37-39,46,49-50H,5-8,11,16-20,23-25H2,1-4H3/t28-,37+,38+,39+/m0/s1. The van der Waals surface area contributed by atoms with Gasteiger partial charge in [-0.05, 0) is 104 Å². The summed E-state index contributed by atoms with van der Waals surface area (Å²) in [7, 11) is 3.19. The van der Waals surface area contributed by atoms with Crippen molar-refractivity contribution in [2.24, 2.45) is 5.92 Å². The first-order valence-corrected chi connectivity index (χ1v) is 19.9. The molecule has 11 heteroatoms. The van der Waals surface area contributed by atoms with E-state index in [1.807, 2.05) is 36.4 Å². The molecule has 0 amide bonds. The number of aliphatic hydroxyl groups is 2. The minimum absolute atomic E-state index is 0.0420. The number of ether oxygens (including phenoxy) is 4. The predicted molar refractivity (Wildman–Crippen MR) is 213 cm³/mol. The van der Waals surface area contributed by atoms with Crippen LogP contribution in [0.4, 0.5) is 0 Å². The van der Waals surface area contributed by atoms with Gasteiger partial charge in [-0.2, -0.15) is 9.97 Å². The average Bonchev–Trinajstić information content (AvgIpc) is 3.17. The maximum Gasteiger partial charge on any atom is 0.236 e. The van der Waals surface area contributed by atoms with Crippen molar-refractivity contribution in [3.8, 4) is 34.6 Å². The summed E-state index contributed by atoms with van der Waals surface area (Å²) in [5.41, 5.74) is 8.09. The van der Waals surface area contributed by atoms with Gasteiger partial charge < -0.3 is 34.5 Å². The van der Waals surface area contributed by atoms with E-state index in [-0.39, 0.29) is 31.5 Å². The lowest BCUT2D eigenvalue weighted by Gasteiger charge is -2.28. The van der Waals surface area contributed by atoms with Crippen LogP contribution in [0.3, 0.4) is 0 Å². The molecule has 2 heterocycles. The molecule has 2 aromatic heterocycles. The number of halogens is 2. The molecule has 9 nitrogen and oxygen atoms in total. The van der Waals surface area contributed by atoms with E-state index >= 15 is 0 Å². The molecular formula is C43H53Cl2N3O6. The van der Waals surface area contributed by atoms with Crippen LogP contribution < -0.4 is 24.3 Å². The van der Waals surface area contributed by atoms with Crippen molar-refractivity contribution < 1.29 is 29.2 Å². The van der Waals surface area contributed by atoms with Crippen LogP contribution in [0.1, 0.15) is 91.2 Å². The molecule has 2 aromatic carbocycles. The van der Waals surface area contributed by atoms with Crippen LogP contribution in [-0.2, 0) is 26.2 Å². The highest BCUT2D eigenvalue weighted by molar-refractivity contribution is 6.32. The summed E-state index contributed by atoms with van der Waals surface area (Å²) >= 11 is 13.4. The first-order chi connectivity index (χ1) is 26.2. The monoisotopic (exact) mass is 777 g/mol. The molecule has 2 saturated carbocycles. The molecule has 54 heavy (non-hydrogen) atoms. The van der Waals surface area contributed by atoms with Crippen LogP contribution in [0.5, 0.6) is 23.5 Å². The summed E-state index contributed by atoms with van der Waals surface area (Å²) in [6, 6.07) is 16.1. The Labute approximate surface area is 329 Å². The minimum atomic E-state index is -0.350. The van der Waals surface area contributed by atoms with Crippen molar-refractivity contribution in [2.45, 2.75) is 116 Å². The van der Waals surface area contributed by atoms with Gasteiger partial charge in [0, 0.05) is 23.7 Å². The molecule has 0 saturated heterocycles. The Kier molecular flexibility index (Phi) is 14.0. The Bertz CT molecular complexity index is 1760. The second-order valence-electron chi connectivity index (χ2n) is 14.6. The van der Waals surface area contributed by atoms with Crippen molar-refractivity contribution in [1.82, 2.24) is 15.3 Å². The number of aryl methyl sites for hydroxylation is 1. The van der Waals surface area contributed by atoms with Crippen molar-refractivity contribution >= 4 is 23.2 Å². The zero-order valence-electron chi connectivity index (χ0n) is 31.8. The van der Waals surface area contributed by atoms with E-state index in [1.54, 1.807) is 14.2 Å². The second-order valence-corrected chi connectivity index (χ2v) is 15.4. The fourth-order valence-electron chi connectivity index (χ4n) is 7.86. The van der Waals surface area contributed by atoms with Gasteiger partial charge in [-0.1, -0.05) is 85.3 Å². The number of benzene rings is 2. The van der Waals surface area contributed by atoms with Gasteiger partial charge in [0.25, 0.3) is 0 Å². The molecule has 6 rings (SSSR count). The number of aliphatic hydroxyl groups excluding tert-OH is 2. The van der Waals surface area contributed by atoms with Gasteiger partial charge in [-0.15, -0.1) is 0 Å². The third-order valence-electron chi connectivity index (χ3n) is 11.2. The molecule has 4 atom stereocenters. The molecule has 0 radical (unpaired) electrons. The summed E-state index contributed by atoms with van der Waals surface area (Å²) in [4.78, 5) is 9.23. The quantitative estimate of drug-likeness (QED) is 0.109. The Morgan fingerprint density at radius 3 is 1.74 bits per heavy atom. The molecule has 3 N–H and O–H groups in total. The van der Waals surface area contributed by atoms with Crippen LogP contribution in [0.25, 0.3) is 11.1 Å². The number of nitrogens with zero attached hydrogens (tertiary/aromatic N) is 2. The Morgan fingerprint density at radius 1 is 0.667 bits per heavy atom. The zero-order valence-corrected chi connectivity index (χ0v) is 33.3. The first-order valence-electron chi connectivity index (χ1n) is 19.2. The summed E-state index contributed by atoms with van der Waals surface area (Å²) in [5, 5.41) is 25.1. The van der Waals surface area contributed by atoms with Crippen molar-refractivity contribution in [2.75, 3.05) is 14.2 Å². The summed E-state index contributed by atoms with van der Waals surface area (Å²) < 4.78 is 23.6. The molecule has 2 aliphatic carbocycles. The Balaban J connectivity index is 1.12. The SMILES string of the molecule is COc1nc(OCc2cccc(-c3cccc(COc4nc(OC)c(CN[C@@H]5CCCC[C@H]5O)cc4Cl)c3C)c2C)c(Cl)cc1CC[C@@H]1CCCC[C@H]1O. The van der Waals surface area contributed by atoms with Crippen LogP contribution in [-0.4, -0.2) is 52.7 Å². The van der Waals surface area contributed by atoms with Gasteiger partial charge in [0.1, 0.15) is 23.3 Å². The molecule has 0 bridgehead atoms. The summed E-state index contributed by atoms with van der Waals surface area (Å²) in [6.45, 7) is 5.22. The fraction of sp³-hybridized carbons (Fsp3) is 0.488. The van der Waals surface area contributed by atoms with E-state index < -0.39 is 0 Å². The summed E-state index contributed by atoms with van der Waals surface area (Å²) in [6.07, 6.45) is 9.09. The first kappa shape index (κ1) is 40.1. The zero-order chi connectivity index (χ0) is 38.2. The largest absolute Gasteiger partial charge is 0.481 e. The number of pyridine rings is 2. The number of rotatable bonds is 15. The molecule has 0 spiro atoms. The molecule has 290 valence electrons. The van der Waals surface area contributed by atoms with E-state index in [9.17, 15) is 10.2 Å². The number of hydrogen-bond donors (Lipinski definition) is 3. The number of hydrogen-bond acceptors (Lipinski definition) is 9. The fourth-order valence-corrected chi connectivity index (χ4v) is 8.32. The molecule has 0 aliphatic heterocycles. The molecule has 4 aromatic rings. The highest BCUT2D eigenvalue weighted by atomic mass is 35.5. The second kappa shape index (κ2) is 18.8. The lowest BCUT2D eigenvalue weighted by molar-refractivity contribution is 0.0654. The van der Waals surface area contributed by atoms with Gasteiger partial charge in [-0.3, -0.25) is 0 Å². The Hall–Kier alpha value is -3.60. The van der Waals surface area contributed by atoms with E-state index in [0.717, 1.165) is 109 Å². The van der Waals surface area contributed by atoms with Crippen molar-refractivity contribution in [3.63, 3.8) is 0 Å². The predicted octanol–water partition coefficient (Wildman–Crippen LogP) is 9.12. The number of aromatic nitrogens is 2. The maximum absolute atomic E-state index is 10.4. The van der Waals surface area contributed by atoms with Gasteiger partial charge in [0.2, 0.25) is 23.5 Å². The van der Waals surface area contributed by atoms with E-state index in [4.69, 9.17) is 42.1 Å². The van der Waals surface area contributed by atoms with Gasteiger partial charge >= 0.3 is 0 Å². The number of methoxy groups -OCH3 is 2. The van der Waals surface area contributed by atoms with E-state index in [0.29, 0.717) is 46.0 Å². The van der Waals surface area contributed by atoms with Gasteiger partial charge in [0.15, 0.2) is 0 Å².